The molecule has 218 valence electrons. The molecule has 1 amide bonds. The maximum Gasteiger partial charge on any atom is 0.223 e. The van der Waals surface area contributed by atoms with Crippen LogP contribution in [-0.4, -0.2) is 66.0 Å². The number of ether oxygens (including phenoxy) is 2. The summed E-state index contributed by atoms with van der Waals surface area (Å²) in [6, 6.07) is 18.7. The van der Waals surface area contributed by atoms with Gasteiger partial charge in [-0.05, 0) is 93.4 Å². The molecule has 0 bridgehead atoms. The number of ketones is 1. The van der Waals surface area contributed by atoms with Crippen molar-refractivity contribution in [2.75, 3.05) is 33.4 Å². The molecule has 3 aromatic carbocycles. The molecule has 8 heteroatoms. The molecule has 4 aromatic rings. The summed E-state index contributed by atoms with van der Waals surface area (Å²) in [5.41, 5.74) is 2.89. The Bertz CT molecular complexity index is 1610. The second kappa shape index (κ2) is 12.2. The van der Waals surface area contributed by atoms with Crippen molar-refractivity contribution in [3.8, 4) is 27.7 Å². The maximum absolute atomic E-state index is 14.2. The standard InChI is InChI=1S/C34H36N2O5S/c1-22-5-14-31(38)36(22)21-25-7-6-24(19-29(25)40-2)33(39)32-28-13-10-26(37)20-30(28)42-34(32)23-8-11-27(12-9-23)41-18-17-35-15-3-4-16-35/h6-13,19-20,22,37H,3-5,14-18,21H2,1-2H3. The molecule has 0 spiro atoms. The molecule has 1 atom stereocenters. The second-order valence-corrected chi connectivity index (χ2v) is 12.2. The van der Waals surface area contributed by atoms with E-state index in [0.29, 0.717) is 36.4 Å². The molecule has 1 aromatic heterocycles. The van der Waals surface area contributed by atoms with Gasteiger partial charge < -0.3 is 19.5 Å². The van der Waals surface area contributed by atoms with Gasteiger partial charge in [0.15, 0.2) is 5.78 Å². The van der Waals surface area contributed by atoms with Crippen molar-refractivity contribution in [3.63, 3.8) is 0 Å². The molecule has 0 radical (unpaired) electrons. The minimum Gasteiger partial charge on any atom is -0.508 e. The van der Waals surface area contributed by atoms with E-state index in [2.05, 4.69) is 11.8 Å². The monoisotopic (exact) mass is 584 g/mol. The lowest BCUT2D eigenvalue weighted by Crippen LogP contribution is -2.30. The summed E-state index contributed by atoms with van der Waals surface area (Å²) in [5, 5.41) is 11.0. The Morgan fingerprint density at radius 1 is 1.05 bits per heavy atom. The van der Waals surface area contributed by atoms with Crippen molar-refractivity contribution in [1.29, 1.82) is 0 Å². The number of fused-ring (bicyclic) bond motifs is 1. The largest absolute Gasteiger partial charge is 0.508 e. The van der Waals surface area contributed by atoms with Crippen LogP contribution in [0.3, 0.4) is 0 Å². The molecule has 1 N–H and O–H groups in total. The van der Waals surface area contributed by atoms with Gasteiger partial charge in [-0.25, -0.2) is 0 Å². The Labute approximate surface area is 250 Å². The molecule has 2 saturated heterocycles. The van der Waals surface area contributed by atoms with Gasteiger partial charge in [-0.1, -0.05) is 12.1 Å². The Morgan fingerprint density at radius 3 is 2.55 bits per heavy atom. The number of hydrogen-bond acceptors (Lipinski definition) is 7. The molecule has 2 fully saturated rings. The zero-order valence-corrected chi connectivity index (χ0v) is 24.9. The highest BCUT2D eigenvalue weighted by Crippen LogP contribution is 2.42. The van der Waals surface area contributed by atoms with Crippen LogP contribution in [0, 0.1) is 0 Å². The smallest absolute Gasteiger partial charge is 0.223 e. The minimum absolute atomic E-state index is 0.122. The first-order chi connectivity index (χ1) is 20.4. The topological polar surface area (TPSA) is 79.3 Å². The van der Waals surface area contributed by atoms with E-state index < -0.39 is 0 Å². The number of nitrogens with zero attached hydrogens (tertiary/aromatic N) is 2. The Morgan fingerprint density at radius 2 is 1.83 bits per heavy atom. The van der Waals surface area contributed by atoms with Gasteiger partial charge in [0, 0.05) is 57.2 Å². The van der Waals surface area contributed by atoms with Crippen molar-refractivity contribution >= 4 is 33.1 Å². The number of carbonyl (C=O) groups is 2. The molecule has 0 saturated carbocycles. The van der Waals surface area contributed by atoms with Gasteiger partial charge in [-0.2, -0.15) is 0 Å². The first-order valence-electron chi connectivity index (χ1n) is 14.6. The fraction of sp³-hybridized carbons (Fsp3) is 0.353. The third-order valence-electron chi connectivity index (χ3n) is 8.41. The van der Waals surface area contributed by atoms with Crippen LogP contribution in [0.15, 0.2) is 60.7 Å². The van der Waals surface area contributed by atoms with Gasteiger partial charge in [0.05, 0.1) is 7.11 Å². The zero-order valence-electron chi connectivity index (χ0n) is 24.1. The number of aromatic hydroxyl groups is 1. The van der Waals surface area contributed by atoms with Crippen LogP contribution in [0.2, 0.25) is 0 Å². The van der Waals surface area contributed by atoms with Crippen molar-refractivity contribution in [2.24, 2.45) is 0 Å². The van der Waals surface area contributed by atoms with E-state index in [1.807, 2.05) is 41.3 Å². The predicted molar refractivity (Wildman–Crippen MR) is 166 cm³/mol. The highest BCUT2D eigenvalue weighted by atomic mass is 32.1. The number of amides is 1. The summed E-state index contributed by atoms with van der Waals surface area (Å²) >= 11 is 1.49. The number of rotatable bonds is 10. The summed E-state index contributed by atoms with van der Waals surface area (Å²) in [6.07, 6.45) is 3.94. The van der Waals surface area contributed by atoms with Crippen molar-refractivity contribution in [3.05, 3.63) is 77.4 Å². The van der Waals surface area contributed by atoms with Gasteiger partial charge in [-0.3, -0.25) is 14.5 Å². The van der Waals surface area contributed by atoms with Gasteiger partial charge in [0.25, 0.3) is 0 Å². The van der Waals surface area contributed by atoms with Gasteiger partial charge in [0.1, 0.15) is 23.9 Å². The highest BCUT2D eigenvalue weighted by molar-refractivity contribution is 7.22. The number of thiophene rings is 1. The zero-order chi connectivity index (χ0) is 29.2. The number of phenolic OH excluding ortho intramolecular Hbond substituents is 1. The van der Waals surface area contributed by atoms with Crippen LogP contribution in [0.25, 0.3) is 20.5 Å². The number of carbonyl (C=O) groups excluding carboxylic acids is 2. The normalized spacial score (nSPS) is 17.3. The van der Waals surface area contributed by atoms with Crippen molar-refractivity contribution < 1.29 is 24.2 Å². The van der Waals surface area contributed by atoms with Crippen molar-refractivity contribution in [2.45, 2.75) is 45.2 Å². The first-order valence-corrected chi connectivity index (χ1v) is 15.4. The minimum atomic E-state index is -0.122. The quantitative estimate of drug-likeness (QED) is 0.215. The van der Waals surface area contributed by atoms with E-state index in [1.54, 1.807) is 31.4 Å². The summed E-state index contributed by atoms with van der Waals surface area (Å²) in [7, 11) is 1.59. The molecule has 2 aliphatic heterocycles. The van der Waals surface area contributed by atoms with E-state index in [9.17, 15) is 14.7 Å². The average molecular weight is 585 g/mol. The van der Waals surface area contributed by atoms with Crippen LogP contribution >= 0.6 is 11.3 Å². The number of benzene rings is 3. The summed E-state index contributed by atoms with van der Waals surface area (Å²) in [4.78, 5) is 31.7. The van der Waals surface area contributed by atoms with E-state index in [-0.39, 0.29) is 23.5 Å². The average Bonchev–Trinajstić information content (AvgIpc) is 3.73. The second-order valence-electron chi connectivity index (χ2n) is 11.2. The number of likely N-dealkylation sites (tertiary alicyclic amines) is 2. The molecule has 3 heterocycles. The van der Waals surface area contributed by atoms with Gasteiger partial charge in [-0.15, -0.1) is 11.3 Å². The van der Waals surface area contributed by atoms with E-state index in [4.69, 9.17) is 9.47 Å². The molecule has 0 aliphatic carbocycles. The number of phenols is 1. The van der Waals surface area contributed by atoms with Crippen LogP contribution in [0.1, 0.15) is 54.1 Å². The molecule has 7 nitrogen and oxygen atoms in total. The Balaban J connectivity index is 1.29. The third-order valence-corrected chi connectivity index (χ3v) is 9.61. The fourth-order valence-corrected chi connectivity index (χ4v) is 7.22. The molecular formula is C34H36N2O5S. The maximum atomic E-state index is 14.2. The highest BCUT2D eigenvalue weighted by Gasteiger charge is 2.29. The van der Waals surface area contributed by atoms with Crippen LogP contribution in [-0.2, 0) is 11.3 Å². The molecule has 1 unspecified atom stereocenters. The molecule has 2 aliphatic rings. The predicted octanol–water partition coefficient (Wildman–Crippen LogP) is 6.50. The van der Waals surface area contributed by atoms with E-state index >= 15 is 0 Å². The van der Waals surface area contributed by atoms with Crippen molar-refractivity contribution in [1.82, 2.24) is 9.80 Å². The summed E-state index contributed by atoms with van der Waals surface area (Å²) < 4.78 is 12.5. The van der Waals surface area contributed by atoms with Crippen LogP contribution in [0.5, 0.6) is 17.2 Å². The third kappa shape index (κ3) is 5.74. The SMILES string of the molecule is COc1cc(C(=O)c2c(-c3ccc(OCCN4CCCC4)cc3)sc3cc(O)ccc23)ccc1CN1C(=O)CCC1C. The lowest BCUT2D eigenvalue weighted by molar-refractivity contribution is -0.129. The summed E-state index contributed by atoms with van der Waals surface area (Å²) in [5.74, 6) is 1.57. The van der Waals surface area contributed by atoms with Gasteiger partial charge >= 0.3 is 0 Å². The molecular weight excluding hydrogens is 548 g/mol. The van der Waals surface area contributed by atoms with Gasteiger partial charge in [0.2, 0.25) is 5.91 Å². The fourth-order valence-electron chi connectivity index (χ4n) is 5.98. The lowest BCUT2D eigenvalue weighted by atomic mass is 9.96. The molecule has 6 rings (SSSR count). The Hall–Kier alpha value is -3.88. The molecule has 42 heavy (non-hydrogen) atoms. The Kier molecular flexibility index (Phi) is 8.18. The van der Waals surface area contributed by atoms with E-state index in [1.165, 1.54) is 24.2 Å². The number of hydrogen-bond donors (Lipinski definition) is 1. The summed E-state index contributed by atoms with van der Waals surface area (Å²) in [6.45, 7) is 6.38. The number of methoxy groups -OCH3 is 1. The lowest BCUT2D eigenvalue weighted by Gasteiger charge is -2.23. The first kappa shape index (κ1) is 28.2. The van der Waals surface area contributed by atoms with E-state index in [0.717, 1.165) is 57.9 Å². The van der Waals surface area contributed by atoms with Crippen LogP contribution < -0.4 is 9.47 Å². The van der Waals surface area contributed by atoms with Crippen LogP contribution in [0.4, 0.5) is 0 Å².